The molecule has 0 radical (unpaired) electrons. The molecule has 0 unspecified atom stereocenters. The first-order valence-electron chi connectivity index (χ1n) is 4.98. The van der Waals surface area contributed by atoms with E-state index in [2.05, 4.69) is 26.1 Å². The molecule has 3 N–H and O–H groups in total. The van der Waals surface area contributed by atoms with Gasteiger partial charge >= 0.3 is 6.18 Å². The number of rotatable bonds is 1. The third-order valence-corrected chi connectivity index (χ3v) is 3.10. The Morgan fingerprint density at radius 3 is 2.50 bits per heavy atom. The number of hydrogen-bond donors (Lipinski definition) is 2. The Morgan fingerprint density at radius 2 is 2.00 bits per heavy atom. The number of nitrogen functional groups attached to an aromatic ring is 1. The molecule has 0 atom stereocenters. The van der Waals surface area contributed by atoms with Crippen LogP contribution in [0.5, 0.6) is 0 Å². The fraction of sp³-hybridized carbons (Fsp3) is 0.182. The van der Waals surface area contributed by atoms with Gasteiger partial charge < -0.3 is 5.73 Å². The lowest BCUT2D eigenvalue weighted by atomic mass is 10.0. The lowest BCUT2D eigenvalue weighted by Crippen LogP contribution is -2.07. The van der Waals surface area contributed by atoms with Gasteiger partial charge in [0.1, 0.15) is 5.82 Å². The maximum Gasteiger partial charge on any atom is 0.417 e. The highest BCUT2D eigenvalue weighted by atomic mass is 79.9. The molecule has 0 aliphatic carbocycles. The predicted octanol–water partition coefficient (Wildman–Crippen LogP) is 3.75. The first-order chi connectivity index (χ1) is 8.30. The maximum atomic E-state index is 13.0. The van der Waals surface area contributed by atoms with E-state index in [-0.39, 0.29) is 17.1 Å². The second kappa shape index (κ2) is 4.31. The van der Waals surface area contributed by atoms with Gasteiger partial charge in [-0.25, -0.2) is 0 Å². The van der Waals surface area contributed by atoms with Crippen molar-refractivity contribution in [2.24, 2.45) is 0 Å². The molecule has 0 saturated carbocycles. The Labute approximate surface area is 109 Å². The van der Waals surface area contributed by atoms with Gasteiger partial charge in [-0.15, -0.1) is 0 Å². The van der Waals surface area contributed by atoms with Crippen LogP contribution >= 0.6 is 15.9 Å². The van der Waals surface area contributed by atoms with E-state index in [9.17, 15) is 13.2 Å². The summed E-state index contributed by atoms with van der Waals surface area (Å²) in [6.45, 7) is 1.62. The van der Waals surface area contributed by atoms with Crippen molar-refractivity contribution in [1.82, 2.24) is 10.2 Å². The van der Waals surface area contributed by atoms with Crippen molar-refractivity contribution >= 4 is 21.7 Å². The minimum atomic E-state index is -4.44. The van der Waals surface area contributed by atoms with Crippen LogP contribution < -0.4 is 5.73 Å². The van der Waals surface area contributed by atoms with Crippen molar-refractivity contribution in [3.05, 3.63) is 33.8 Å². The smallest absolute Gasteiger partial charge is 0.382 e. The standard InChI is InChI=1S/C11H9BrF3N3/c1-5-9(17-18-10(5)16)7-3-2-6(12)4-8(7)11(13,14)15/h2-4H,1H3,(H3,16,17,18). The average Bonchev–Trinajstić information content (AvgIpc) is 2.59. The molecule has 1 aromatic carbocycles. The molecule has 3 nitrogen and oxygen atoms in total. The number of aromatic nitrogens is 2. The van der Waals surface area contributed by atoms with Crippen molar-refractivity contribution in [2.45, 2.75) is 13.1 Å². The third-order valence-electron chi connectivity index (χ3n) is 2.60. The molecule has 0 bridgehead atoms. The minimum Gasteiger partial charge on any atom is -0.382 e. The van der Waals surface area contributed by atoms with E-state index in [1.807, 2.05) is 0 Å². The van der Waals surface area contributed by atoms with E-state index in [4.69, 9.17) is 5.73 Å². The zero-order valence-corrected chi connectivity index (χ0v) is 10.9. The second-order valence-electron chi connectivity index (χ2n) is 3.80. The monoisotopic (exact) mass is 319 g/mol. The van der Waals surface area contributed by atoms with Gasteiger partial charge in [-0.05, 0) is 19.1 Å². The van der Waals surface area contributed by atoms with Gasteiger partial charge in [0.2, 0.25) is 0 Å². The summed E-state index contributed by atoms with van der Waals surface area (Å²) in [7, 11) is 0. The third kappa shape index (κ3) is 2.22. The lowest BCUT2D eigenvalue weighted by molar-refractivity contribution is -0.137. The van der Waals surface area contributed by atoms with Gasteiger partial charge in [-0.2, -0.15) is 18.3 Å². The SMILES string of the molecule is Cc1c(N)n[nH]c1-c1ccc(Br)cc1C(F)(F)F. The maximum absolute atomic E-state index is 13.0. The number of nitrogens with one attached hydrogen (secondary N) is 1. The first-order valence-corrected chi connectivity index (χ1v) is 5.77. The summed E-state index contributed by atoms with van der Waals surface area (Å²) in [6.07, 6.45) is -4.44. The highest BCUT2D eigenvalue weighted by Gasteiger charge is 2.34. The Hall–Kier alpha value is -1.50. The molecule has 7 heteroatoms. The molecule has 1 aromatic heterocycles. The van der Waals surface area contributed by atoms with Gasteiger partial charge in [-0.3, -0.25) is 5.10 Å². The Morgan fingerprint density at radius 1 is 1.33 bits per heavy atom. The van der Waals surface area contributed by atoms with Gasteiger partial charge in [-0.1, -0.05) is 22.0 Å². The van der Waals surface area contributed by atoms with Crippen LogP contribution in [0.1, 0.15) is 11.1 Å². The van der Waals surface area contributed by atoms with E-state index in [1.54, 1.807) is 13.0 Å². The number of benzene rings is 1. The highest BCUT2D eigenvalue weighted by molar-refractivity contribution is 9.10. The molecule has 2 rings (SSSR count). The predicted molar refractivity (Wildman–Crippen MR) is 65.9 cm³/mol. The Bertz CT molecular complexity index is 590. The number of halogens is 4. The topological polar surface area (TPSA) is 54.7 Å². The van der Waals surface area contributed by atoms with Crippen LogP contribution in [0.25, 0.3) is 11.3 Å². The van der Waals surface area contributed by atoms with E-state index in [0.29, 0.717) is 10.0 Å². The zero-order valence-electron chi connectivity index (χ0n) is 9.27. The van der Waals surface area contributed by atoms with Gasteiger partial charge in [0.15, 0.2) is 0 Å². The Balaban J connectivity index is 2.68. The number of nitrogens with zero attached hydrogens (tertiary/aromatic N) is 1. The molecule has 18 heavy (non-hydrogen) atoms. The minimum absolute atomic E-state index is 0.0346. The summed E-state index contributed by atoms with van der Waals surface area (Å²) < 4.78 is 39.3. The number of hydrogen-bond acceptors (Lipinski definition) is 2. The van der Waals surface area contributed by atoms with Gasteiger partial charge in [0, 0.05) is 15.6 Å². The summed E-state index contributed by atoms with van der Waals surface area (Å²) >= 11 is 3.03. The summed E-state index contributed by atoms with van der Waals surface area (Å²) in [5.74, 6) is 0.195. The molecular formula is C11H9BrF3N3. The molecule has 1 heterocycles. The highest BCUT2D eigenvalue weighted by Crippen LogP contribution is 2.39. The molecule has 0 amide bonds. The fourth-order valence-corrected chi connectivity index (χ4v) is 2.00. The van der Waals surface area contributed by atoms with Crippen LogP contribution in [0.3, 0.4) is 0 Å². The van der Waals surface area contributed by atoms with Gasteiger partial charge in [0.05, 0.1) is 11.3 Å². The molecule has 0 aliphatic heterocycles. The van der Waals surface area contributed by atoms with Crippen molar-refractivity contribution in [1.29, 1.82) is 0 Å². The normalized spacial score (nSPS) is 11.8. The van der Waals surface area contributed by atoms with Crippen molar-refractivity contribution < 1.29 is 13.2 Å². The van der Waals surface area contributed by atoms with Crippen LogP contribution in [0.2, 0.25) is 0 Å². The zero-order chi connectivity index (χ0) is 13.5. The van der Waals surface area contributed by atoms with Gasteiger partial charge in [0.25, 0.3) is 0 Å². The van der Waals surface area contributed by atoms with E-state index < -0.39 is 11.7 Å². The van der Waals surface area contributed by atoms with Crippen LogP contribution in [0.4, 0.5) is 19.0 Å². The van der Waals surface area contributed by atoms with Crippen molar-refractivity contribution in [3.8, 4) is 11.3 Å². The second-order valence-corrected chi connectivity index (χ2v) is 4.71. The van der Waals surface area contributed by atoms with Crippen LogP contribution in [-0.4, -0.2) is 10.2 Å². The van der Waals surface area contributed by atoms with Crippen LogP contribution in [-0.2, 0) is 6.18 Å². The number of anilines is 1. The van der Waals surface area contributed by atoms with E-state index in [1.165, 1.54) is 6.07 Å². The van der Waals surface area contributed by atoms with E-state index >= 15 is 0 Å². The fourth-order valence-electron chi connectivity index (χ4n) is 1.64. The molecular weight excluding hydrogens is 311 g/mol. The molecule has 2 aromatic rings. The Kier molecular flexibility index (Phi) is 3.10. The summed E-state index contributed by atoms with van der Waals surface area (Å²) in [5.41, 5.74) is 5.62. The first kappa shape index (κ1) is 12.9. The van der Waals surface area contributed by atoms with E-state index in [0.717, 1.165) is 6.07 Å². The largest absolute Gasteiger partial charge is 0.417 e. The quantitative estimate of drug-likeness (QED) is 0.841. The summed E-state index contributed by atoms with van der Waals surface area (Å²) in [6, 6.07) is 3.96. The number of H-pyrrole nitrogens is 1. The van der Waals surface area contributed by atoms with Crippen molar-refractivity contribution in [3.63, 3.8) is 0 Å². The summed E-state index contributed by atoms with van der Waals surface area (Å²) in [5, 5.41) is 6.24. The molecule has 0 fully saturated rings. The average molecular weight is 320 g/mol. The number of alkyl halides is 3. The number of nitrogens with two attached hydrogens (primary N) is 1. The molecule has 96 valence electrons. The van der Waals surface area contributed by atoms with Crippen LogP contribution in [0.15, 0.2) is 22.7 Å². The van der Waals surface area contributed by atoms with Crippen molar-refractivity contribution in [2.75, 3.05) is 5.73 Å². The molecule has 0 saturated heterocycles. The lowest BCUT2D eigenvalue weighted by Gasteiger charge is -2.12. The molecule has 0 spiro atoms. The summed E-state index contributed by atoms with van der Waals surface area (Å²) in [4.78, 5) is 0. The molecule has 0 aliphatic rings. The number of aromatic amines is 1. The van der Waals surface area contributed by atoms with Crippen LogP contribution in [0, 0.1) is 6.92 Å².